The summed E-state index contributed by atoms with van der Waals surface area (Å²) in [5.74, 6) is 2.41. The molecule has 0 atom stereocenters. The maximum Gasteiger partial charge on any atom is 0.319 e. The molecule has 148 valence electrons. The number of hydrogen-bond acceptors (Lipinski definition) is 7. The Kier molecular flexibility index (Phi) is 6.85. The third-order valence-electron chi connectivity index (χ3n) is 4.05. The summed E-state index contributed by atoms with van der Waals surface area (Å²) < 4.78 is 21.3. The summed E-state index contributed by atoms with van der Waals surface area (Å²) in [4.78, 5) is 18.1. The minimum atomic E-state index is -0.326. The van der Waals surface area contributed by atoms with Gasteiger partial charge in [-0.15, -0.1) is 0 Å². The van der Waals surface area contributed by atoms with E-state index in [1.54, 1.807) is 26.5 Å². The average molecular weight is 376 g/mol. The SMILES string of the molecule is COC(=O)CN(Cc1cc(OC)cc(OC)c1)Cc1ncc(C(C)(C)C)o1. The third-order valence-corrected chi connectivity index (χ3v) is 4.05. The van der Waals surface area contributed by atoms with Gasteiger partial charge in [0.1, 0.15) is 17.3 Å². The van der Waals surface area contributed by atoms with E-state index in [0.717, 1.165) is 11.3 Å². The Balaban J connectivity index is 2.22. The fraction of sp³-hybridized carbons (Fsp3) is 0.500. The highest BCUT2D eigenvalue weighted by molar-refractivity contribution is 5.71. The Morgan fingerprint density at radius 2 is 1.70 bits per heavy atom. The van der Waals surface area contributed by atoms with Crippen molar-refractivity contribution < 1.29 is 23.4 Å². The highest BCUT2D eigenvalue weighted by Crippen LogP contribution is 2.25. The van der Waals surface area contributed by atoms with Crippen LogP contribution in [0.1, 0.15) is 38.0 Å². The van der Waals surface area contributed by atoms with Crippen LogP contribution in [-0.4, -0.2) is 43.7 Å². The van der Waals surface area contributed by atoms with E-state index in [1.165, 1.54) is 7.11 Å². The Hall–Kier alpha value is -2.54. The molecule has 0 radical (unpaired) electrons. The van der Waals surface area contributed by atoms with E-state index < -0.39 is 0 Å². The summed E-state index contributed by atoms with van der Waals surface area (Å²) in [6, 6.07) is 5.61. The molecule has 0 bridgehead atoms. The lowest BCUT2D eigenvalue weighted by Gasteiger charge is -2.20. The van der Waals surface area contributed by atoms with Crippen LogP contribution in [0.2, 0.25) is 0 Å². The van der Waals surface area contributed by atoms with E-state index in [2.05, 4.69) is 25.8 Å². The molecule has 0 saturated carbocycles. The first-order valence-electron chi connectivity index (χ1n) is 8.71. The van der Waals surface area contributed by atoms with Gasteiger partial charge in [-0.3, -0.25) is 9.69 Å². The number of benzene rings is 1. The Labute approximate surface area is 160 Å². The van der Waals surface area contributed by atoms with Gasteiger partial charge in [0.15, 0.2) is 0 Å². The molecule has 0 N–H and O–H groups in total. The van der Waals surface area contributed by atoms with Gasteiger partial charge in [-0.05, 0) is 17.7 Å². The molecule has 0 amide bonds. The van der Waals surface area contributed by atoms with Crippen molar-refractivity contribution in [2.45, 2.75) is 39.3 Å². The topological polar surface area (TPSA) is 74.0 Å². The Bertz CT molecular complexity index is 742. The van der Waals surface area contributed by atoms with Gasteiger partial charge in [-0.2, -0.15) is 0 Å². The standard InChI is InChI=1S/C20H28N2O5/c1-20(2,3)17-10-21-18(27-17)12-22(13-19(23)26-6)11-14-7-15(24-4)9-16(8-14)25-5/h7-10H,11-13H2,1-6H3. The maximum absolute atomic E-state index is 11.8. The van der Waals surface area contributed by atoms with E-state index in [9.17, 15) is 4.79 Å². The summed E-state index contributed by atoms with van der Waals surface area (Å²) in [7, 11) is 4.58. The summed E-state index contributed by atoms with van der Waals surface area (Å²) in [5.41, 5.74) is 0.816. The maximum atomic E-state index is 11.8. The van der Waals surface area contributed by atoms with Crippen LogP contribution in [0.25, 0.3) is 0 Å². The lowest BCUT2D eigenvalue weighted by molar-refractivity contribution is -0.142. The second kappa shape index (κ2) is 8.90. The summed E-state index contributed by atoms with van der Waals surface area (Å²) in [6.45, 7) is 7.16. The number of nitrogens with zero attached hydrogens (tertiary/aromatic N) is 2. The molecule has 7 nitrogen and oxygen atoms in total. The molecule has 1 aromatic carbocycles. The van der Waals surface area contributed by atoms with Crippen molar-refractivity contribution in [1.82, 2.24) is 9.88 Å². The second-order valence-corrected chi connectivity index (χ2v) is 7.31. The zero-order valence-electron chi connectivity index (χ0n) is 16.9. The molecule has 2 aromatic rings. The van der Waals surface area contributed by atoms with Gasteiger partial charge in [-0.1, -0.05) is 20.8 Å². The van der Waals surface area contributed by atoms with Crippen LogP contribution in [0, 0.1) is 0 Å². The van der Waals surface area contributed by atoms with Gasteiger partial charge in [0.25, 0.3) is 0 Å². The molecular formula is C20H28N2O5. The summed E-state index contributed by atoms with van der Waals surface area (Å²) >= 11 is 0. The number of carbonyl (C=O) groups is 1. The van der Waals surface area contributed by atoms with Gasteiger partial charge in [0.05, 0.1) is 40.6 Å². The third kappa shape index (κ3) is 5.99. The normalized spacial score (nSPS) is 11.5. The molecule has 2 rings (SSSR count). The number of carbonyl (C=O) groups excluding carboxylic acids is 1. The molecule has 0 unspecified atom stereocenters. The molecule has 1 aromatic heterocycles. The first-order valence-corrected chi connectivity index (χ1v) is 8.71. The lowest BCUT2D eigenvalue weighted by Crippen LogP contribution is -2.30. The average Bonchev–Trinajstić information content (AvgIpc) is 3.10. The van der Waals surface area contributed by atoms with Crippen molar-refractivity contribution >= 4 is 5.97 Å². The molecule has 7 heteroatoms. The first kappa shape index (κ1) is 20.8. The van der Waals surface area contributed by atoms with Gasteiger partial charge < -0.3 is 18.6 Å². The van der Waals surface area contributed by atoms with Crippen LogP contribution in [0.15, 0.2) is 28.8 Å². The highest BCUT2D eigenvalue weighted by atomic mass is 16.5. The number of methoxy groups -OCH3 is 3. The molecule has 0 spiro atoms. The Morgan fingerprint density at radius 1 is 1.07 bits per heavy atom. The van der Waals surface area contributed by atoms with Crippen molar-refractivity contribution in [2.75, 3.05) is 27.9 Å². The van der Waals surface area contributed by atoms with Crippen LogP contribution >= 0.6 is 0 Å². The van der Waals surface area contributed by atoms with Crippen molar-refractivity contribution in [3.63, 3.8) is 0 Å². The molecule has 27 heavy (non-hydrogen) atoms. The smallest absolute Gasteiger partial charge is 0.319 e. The molecule has 0 aliphatic carbocycles. The minimum absolute atomic E-state index is 0.114. The number of aromatic nitrogens is 1. The van der Waals surface area contributed by atoms with Gasteiger partial charge in [0.2, 0.25) is 5.89 Å². The predicted octanol–water partition coefficient (Wildman–Crippen LogP) is 3.16. The van der Waals surface area contributed by atoms with Crippen LogP contribution < -0.4 is 9.47 Å². The zero-order chi connectivity index (χ0) is 20.0. The number of hydrogen-bond donors (Lipinski definition) is 0. The van der Waals surface area contributed by atoms with Crippen LogP contribution in [0.5, 0.6) is 11.5 Å². The zero-order valence-corrected chi connectivity index (χ0v) is 16.9. The van der Waals surface area contributed by atoms with Crippen molar-refractivity contribution in [3.8, 4) is 11.5 Å². The number of rotatable bonds is 8. The molecular weight excluding hydrogens is 348 g/mol. The van der Waals surface area contributed by atoms with E-state index in [0.29, 0.717) is 30.5 Å². The molecule has 0 fully saturated rings. The largest absolute Gasteiger partial charge is 0.497 e. The lowest BCUT2D eigenvalue weighted by atomic mass is 9.94. The first-order chi connectivity index (χ1) is 12.7. The van der Waals surface area contributed by atoms with Crippen LogP contribution in [0.3, 0.4) is 0 Å². The summed E-state index contributed by atoms with van der Waals surface area (Å²) in [5, 5.41) is 0. The predicted molar refractivity (Wildman–Crippen MR) is 101 cm³/mol. The second-order valence-electron chi connectivity index (χ2n) is 7.31. The molecule has 0 saturated heterocycles. The van der Waals surface area contributed by atoms with Crippen LogP contribution in [0.4, 0.5) is 0 Å². The van der Waals surface area contributed by atoms with E-state index in [4.69, 9.17) is 18.6 Å². The van der Waals surface area contributed by atoms with Gasteiger partial charge in [0, 0.05) is 18.0 Å². The van der Waals surface area contributed by atoms with Gasteiger partial charge >= 0.3 is 5.97 Å². The quantitative estimate of drug-likeness (QED) is 0.655. The Morgan fingerprint density at radius 3 is 2.19 bits per heavy atom. The molecule has 0 aliphatic rings. The van der Waals surface area contributed by atoms with E-state index >= 15 is 0 Å². The van der Waals surface area contributed by atoms with E-state index in [-0.39, 0.29) is 17.9 Å². The number of ether oxygens (including phenoxy) is 3. The monoisotopic (exact) mass is 376 g/mol. The fourth-order valence-electron chi connectivity index (χ4n) is 2.55. The minimum Gasteiger partial charge on any atom is -0.497 e. The van der Waals surface area contributed by atoms with Crippen molar-refractivity contribution in [1.29, 1.82) is 0 Å². The highest BCUT2D eigenvalue weighted by Gasteiger charge is 2.21. The van der Waals surface area contributed by atoms with Crippen molar-refractivity contribution in [2.24, 2.45) is 0 Å². The van der Waals surface area contributed by atoms with Gasteiger partial charge in [-0.25, -0.2) is 4.98 Å². The fourth-order valence-corrected chi connectivity index (χ4v) is 2.55. The summed E-state index contributed by atoms with van der Waals surface area (Å²) in [6.07, 6.45) is 1.74. The molecule has 1 heterocycles. The number of esters is 1. The molecule has 0 aliphatic heterocycles. The van der Waals surface area contributed by atoms with Crippen LogP contribution in [-0.2, 0) is 28.0 Å². The number of oxazole rings is 1. The van der Waals surface area contributed by atoms with Crippen molar-refractivity contribution in [3.05, 3.63) is 41.6 Å². The van der Waals surface area contributed by atoms with E-state index in [1.807, 2.05) is 17.0 Å².